The van der Waals surface area contributed by atoms with Crippen molar-refractivity contribution in [2.24, 2.45) is 11.8 Å². The number of fused-ring (bicyclic) bond motifs is 1. The quantitative estimate of drug-likeness (QED) is 0.511. The number of amides is 1. The van der Waals surface area contributed by atoms with Gasteiger partial charge in [0.2, 0.25) is 0 Å². The number of hydrogen-bond donors (Lipinski definition) is 0. The minimum absolute atomic E-state index is 0.0986. The molecule has 2 atom stereocenters. The Hall–Kier alpha value is -2.48. The van der Waals surface area contributed by atoms with E-state index in [0.29, 0.717) is 32.7 Å². The highest BCUT2D eigenvalue weighted by Gasteiger charge is 2.35. The molecule has 0 bridgehead atoms. The molecule has 2 aromatic rings. The standard InChI is InChI=1S/C29H40N2O5/c1-29(2,3)36-28(33)31-19-23(21-35-15-12-30-10-13-34-14-11-30)17-26(20-31)27(32)18-22-8-9-24-6-4-5-7-25(24)16-22/h4-9,16,23,26H,10-15,17-21H2,1-3H3. The van der Waals surface area contributed by atoms with Crippen LogP contribution >= 0.6 is 0 Å². The van der Waals surface area contributed by atoms with Gasteiger partial charge in [-0.2, -0.15) is 0 Å². The average Bonchev–Trinajstić information content (AvgIpc) is 2.86. The molecule has 0 saturated carbocycles. The number of hydrogen-bond acceptors (Lipinski definition) is 6. The third kappa shape index (κ3) is 7.76. The van der Waals surface area contributed by atoms with E-state index in [-0.39, 0.29) is 23.7 Å². The van der Waals surface area contributed by atoms with Gasteiger partial charge in [-0.3, -0.25) is 9.69 Å². The van der Waals surface area contributed by atoms with Gasteiger partial charge in [0.15, 0.2) is 0 Å². The van der Waals surface area contributed by atoms with E-state index in [2.05, 4.69) is 29.2 Å². The molecule has 2 fully saturated rings. The van der Waals surface area contributed by atoms with E-state index in [1.165, 1.54) is 0 Å². The zero-order valence-electron chi connectivity index (χ0n) is 21.9. The summed E-state index contributed by atoms with van der Waals surface area (Å²) in [6.45, 7) is 12.0. The van der Waals surface area contributed by atoms with Crippen molar-refractivity contribution < 1.29 is 23.8 Å². The second-order valence-electron chi connectivity index (χ2n) is 11.0. The SMILES string of the molecule is CC(C)(C)OC(=O)N1CC(COCCN2CCOCC2)CC(C(=O)Cc2ccc3ccccc3c2)C1. The second-order valence-corrected chi connectivity index (χ2v) is 11.0. The van der Waals surface area contributed by atoms with Crippen LogP contribution in [0.1, 0.15) is 32.8 Å². The van der Waals surface area contributed by atoms with Crippen LogP contribution in [0.4, 0.5) is 4.79 Å². The molecule has 0 N–H and O–H groups in total. The van der Waals surface area contributed by atoms with Gasteiger partial charge in [-0.25, -0.2) is 4.79 Å². The van der Waals surface area contributed by atoms with Gasteiger partial charge in [-0.15, -0.1) is 0 Å². The number of benzene rings is 2. The molecule has 0 aliphatic carbocycles. The van der Waals surface area contributed by atoms with Crippen molar-refractivity contribution in [1.82, 2.24) is 9.80 Å². The van der Waals surface area contributed by atoms with Crippen LogP contribution in [0.3, 0.4) is 0 Å². The molecule has 1 amide bonds. The number of ether oxygens (including phenoxy) is 3. The van der Waals surface area contributed by atoms with Crippen molar-refractivity contribution >= 4 is 22.6 Å². The van der Waals surface area contributed by atoms with E-state index >= 15 is 0 Å². The molecule has 4 rings (SSSR count). The topological polar surface area (TPSA) is 68.3 Å². The summed E-state index contributed by atoms with van der Waals surface area (Å²) in [7, 11) is 0. The first-order chi connectivity index (χ1) is 17.3. The lowest BCUT2D eigenvalue weighted by Crippen LogP contribution is -2.49. The first kappa shape index (κ1) is 26.6. The van der Waals surface area contributed by atoms with Crippen LogP contribution in [0.25, 0.3) is 10.8 Å². The number of ketones is 1. The van der Waals surface area contributed by atoms with Crippen molar-refractivity contribution in [2.75, 3.05) is 59.2 Å². The molecular formula is C29H40N2O5. The van der Waals surface area contributed by atoms with Crippen molar-refractivity contribution in [3.8, 4) is 0 Å². The zero-order chi connectivity index (χ0) is 25.5. The molecule has 2 aliphatic rings. The molecule has 2 heterocycles. The molecule has 0 radical (unpaired) electrons. The fourth-order valence-electron chi connectivity index (χ4n) is 5.00. The minimum atomic E-state index is -0.580. The molecule has 0 aromatic heterocycles. The average molecular weight is 497 g/mol. The van der Waals surface area contributed by atoms with Gasteiger partial charge < -0.3 is 19.1 Å². The maximum Gasteiger partial charge on any atom is 0.410 e. The first-order valence-electron chi connectivity index (χ1n) is 13.1. The lowest BCUT2D eigenvalue weighted by Gasteiger charge is -2.38. The number of piperidine rings is 1. The summed E-state index contributed by atoms with van der Waals surface area (Å²) >= 11 is 0. The summed E-state index contributed by atoms with van der Waals surface area (Å²) < 4.78 is 17.1. The van der Waals surface area contributed by atoms with Crippen LogP contribution in [0.2, 0.25) is 0 Å². The summed E-state index contributed by atoms with van der Waals surface area (Å²) in [6.07, 6.45) is 0.731. The Morgan fingerprint density at radius 3 is 2.53 bits per heavy atom. The lowest BCUT2D eigenvalue weighted by atomic mass is 9.85. The maximum atomic E-state index is 13.4. The predicted molar refractivity (Wildman–Crippen MR) is 140 cm³/mol. The molecule has 196 valence electrons. The van der Waals surface area contributed by atoms with Crippen molar-refractivity contribution in [3.63, 3.8) is 0 Å². The number of morpholine rings is 1. The van der Waals surface area contributed by atoms with Gasteiger partial charge in [0, 0.05) is 51.0 Å². The third-order valence-electron chi connectivity index (χ3n) is 6.85. The lowest BCUT2D eigenvalue weighted by molar-refractivity contribution is -0.124. The maximum absolute atomic E-state index is 13.4. The predicted octanol–water partition coefficient (Wildman–Crippen LogP) is 4.17. The van der Waals surface area contributed by atoms with Crippen LogP contribution in [0.5, 0.6) is 0 Å². The third-order valence-corrected chi connectivity index (χ3v) is 6.85. The highest BCUT2D eigenvalue weighted by Crippen LogP contribution is 2.26. The summed E-state index contributed by atoms with van der Waals surface area (Å²) in [5.74, 6) is 0.0314. The molecule has 7 nitrogen and oxygen atoms in total. The number of carbonyl (C=O) groups is 2. The Morgan fingerprint density at radius 2 is 1.78 bits per heavy atom. The molecule has 7 heteroatoms. The largest absolute Gasteiger partial charge is 0.444 e. The smallest absolute Gasteiger partial charge is 0.410 e. The van der Waals surface area contributed by atoms with Gasteiger partial charge in [0.05, 0.1) is 26.4 Å². The molecule has 2 saturated heterocycles. The normalized spacial score (nSPS) is 21.5. The van der Waals surface area contributed by atoms with Gasteiger partial charge in [-0.05, 0) is 43.5 Å². The molecule has 2 aliphatic heterocycles. The van der Waals surface area contributed by atoms with E-state index in [0.717, 1.165) is 55.6 Å². The van der Waals surface area contributed by atoms with Crippen molar-refractivity contribution in [3.05, 3.63) is 48.0 Å². The highest BCUT2D eigenvalue weighted by molar-refractivity contribution is 5.87. The highest BCUT2D eigenvalue weighted by atomic mass is 16.6. The summed E-state index contributed by atoms with van der Waals surface area (Å²) in [5.41, 5.74) is 0.426. The summed E-state index contributed by atoms with van der Waals surface area (Å²) in [5, 5.41) is 2.30. The fraction of sp³-hybridized carbons (Fsp3) is 0.586. The number of Topliss-reactive ketones (excluding diaryl/α,β-unsaturated/α-hetero) is 1. The zero-order valence-corrected chi connectivity index (χ0v) is 21.9. The van der Waals surface area contributed by atoms with Crippen LogP contribution in [-0.2, 0) is 25.4 Å². The van der Waals surface area contributed by atoms with Crippen LogP contribution in [0.15, 0.2) is 42.5 Å². The number of rotatable bonds is 8. The minimum Gasteiger partial charge on any atom is -0.444 e. The fourth-order valence-corrected chi connectivity index (χ4v) is 5.00. The Bertz CT molecular complexity index is 1030. The van der Waals surface area contributed by atoms with Gasteiger partial charge in [0.25, 0.3) is 0 Å². The Kier molecular flexibility index (Phi) is 8.99. The summed E-state index contributed by atoms with van der Waals surface area (Å²) in [6, 6.07) is 14.4. The first-order valence-corrected chi connectivity index (χ1v) is 13.1. The molecule has 0 spiro atoms. The monoisotopic (exact) mass is 496 g/mol. The summed E-state index contributed by atoms with van der Waals surface area (Å²) in [4.78, 5) is 30.3. The molecule has 2 aromatic carbocycles. The van der Waals surface area contributed by atoms with Crippen LogP contribution in [0, 0.1) is 11.8 Å². The van der Waals surface area contributed by atoms with E-state index in [4.69, 9.17) is 14.2 Å². The Balaban J connectivity index is 1.37. The van der Waals surface area contributed by atoms with Crippen LogP contribution < -0.4 is 0 Å². The number of likely N-dealkylation sites (tertiary alicyclic amines) is 1. The van der Waals surface area contributed by atoms with Crippen molar-refractivity contribution in [2.45, 2.75) is 39.2 Å². The number of nitrogens with zero attached hydrogens (tertiary/aromatic N) is 2. The van der Waals surface area contributed by atoms with Crippen molar-refractivity contribution in [1.29, 1.82) is 0 Å². The Labute approximate surface area is 214 Å². The van der Waals surface area contributed by atoms with E-state index < -0.39 is 5.60 Å². The van der Waals surface area contributed by atoms with Gasteiger partial charge >= 0.3 is 6.09 Å². The molecule has 36 heavy (non-hydrogen) atoms. The molecule has 2 unspecified atom stereocenters. The van der Waals surface area contributed by atoms with E-state index in [1.54, 1.807) is 4.90 Å². The van der Waals surface area contributed by atoms with Gasteiger partial charge in [0.1, 0.15) is 11.4 Å². The number of carbonyl (C=O) groups excluding carboxylic acids is 2. The van der Waals surface area contributed by atoms with Crippen LogP contribution in [-0.4, -0.2) is 86.4 Å². The second kappa shape index (κ2) is 12.2. The van der Waals surface area contributed by atoms with E-state index in [1.807, 2.05) is 39.0 Å². The van der Waals surface area contributed by atoms with E-state index in [9.17, 15) is 9.59 Å². The Morgan fingerprint density at radius 1 is 1.03 bits per heavy atom. The van der Waals surface area contributed by atoms with Gasteiger partial charge in [-0.1, -0.05) is 42.5 Å². The molecular weight excluding hydrogens is 456 g/mol.